The Morgan fingerprint density at radius 3 is 2.00 bits per heavy atom. The maximum absolute atomic E-state index is 13.0. The Kier molecular flexibility index (Phi) is 13.0. The van der Waals surface area contributed by atoms with Crippen LogP contribution >= 0.6 is 0 Å². The van der Waals surface area contributed by atoms with E-state index in [0.29, 0.717) is 39.9 Å². The molecule has 0 heterocycles. The van der Waals surface area contributed by atoms with Crippen molar-refractivity contribution in [3.05, 3.63) is 12.2 Å². The SMILES string of the molecule is C=C(C)C(C)CCC(C)C1CCC2(C)C3CCC4C(C)C(OC(=O)CCCCCCCCCCCCCCC)CCC45CC35CCC12C. The summed E-state index contributed by atoms with van der Waals surface area (Å²) in [7, 11) is 0. The van der Waals surface area contributed by atoms with Crippen LogP contribution < -0.4 is 0 Å². The molecule has 0 N–H and O–H groups in total. The summed E-state index contributed by atoms with van der Waals surface area (Å²) in [4.78, 5) is 13.0. The lowest BCUT2D eigenvalue weighted by atomic mass is 9.43. The van der Waals surface area contributed by atoms with Crippen molar-refractivity contribution in [2.24, 2.45) is 57.2 Å². The van der Waals surface area contributed by atoms with Gasteiger partial charge >= 0.3 is 5.97 Å². The predicted octanol–water partition coefficient (Wildman–Crippen LogP) is 14.1. The summed E-state index contributed by atoms with van der Waals surface area (Å²) >= 11 is 0. The molecule has 0 aromatic rings. The summed E-state index contributed by atoms with van der Waals surface area (Å²) in [6.07, 6.45) is 33.5. The van der Waals surface area contributed by atoms with Gasteiger partial charge in [0.05, 0.1) is 0 Å². The highest BCUT2D eigenvalue weighted by atomic mass is 16.5. The van der Waals surface area contributed by atoms with Crippen LogP contribution in [0.1, 0.15) is 209 Å². The standard InChI is InChI=1S/C46H80O2/c1-9-10-11-12-13-14-15-16-17-18-19-20-21-22-42(47)48-40-28-30-45-33-46(45)32-31-43(7)38(36(5)24-23-35(4)34(2)3)27-29-44(43,8)41(46)26-25-39(45)37(40)6/h35-41H,2,9-33H2,1,3-8H3. The van der Waals surface area contributed by atoms with E-state index in [2.05, 4.69) is 55.0 Å². The van der Waals surface area contributed by atoms with Crippen LogP contribution in [0.3, 0.4) is 0 Å². The monoisotopic (exact) mass is 665 g/mol. The Hall–Kier alpha value is -0.790. The minimum absolute atomic E-state index is 0.0924. The van der Waals surface area contributed by atoms with Crippen molar-refractivity contribution >= 4 is 5.97 Å². The van der Waals surface area contributed by atoms with Crippen molar-refractivity contribution in [3.8, 4) is 0 Å². The number of rotatable bonds is 20. The Balaban J connectivity index is 1.04. The molecule has 11 atom stereocenters. The second-order valence-corrected chi connectivity index (χ2v) is 19.4. The van der Waals surface area contributed by atoms with E-state index in [4.69, 9.17) is 4.74 Å². The average Bonchev–Trinajstić information content (AvgIpc) is 3.64. The molecule has 5 aliphatic carbocycles. The van der Waals surface area contributed by atoms with Crippen LogP contribution in [0.15, 0.2) is 12.2 Å². The molecular weight excluding hydrogens is 585 g/mol. The van der Waals surface area contributed by atoms with E-state index in [1.54, 1.807) is 0 Å². The molecule has 2 nitrogen and oxygen atoms in total. The summed E-state index contributed by atoms with van der Waals surface area (Å²) in [5.41, 5.74) is 3.50. The smallest absolute Gasteiger partial charge is 0.306 e. The average molecular weight is 665 g/mol. The molecule has 276 valence electrons. The number of hydrogen-bond donors (Lipinski definition) is 0. The molecule has 2 spiro atoms. The van der Waals surface area contributed by atoms with Gasteiger partial charge in [-0.2, -0.15) is 0 Å². The van der Waals surface area contributed by atoms with Gasteiger partial charge in [-0.1, -0.05) is 131 Å². The Bertz CT molecular complexity index is 1060. The lowest BCUT2D eigenvalue weighted by Crippen LogP contribution is -2.56. The van der Waals surface area contributed by atoms with Gasteiger partial charge in [0.1, 0.15) is 6.10 Å². The van der Waals surface area contributed by atoms with E-state index in [9.17, 15) is 4.79 Å². The topological polar surface area (TPSA) is 26.3 Å². The summed E-state index contributed by atoms with van der Waals surface area (Å²) in [5.74, 6) is 4.66. The number of esters is 1. The molecule has 0 saturated heterocycles. The van der Waals surface area contributed by atoms with Crippen LogP contribution in [-0.2, 0) is 9.53 Å². The summed E-state index contributed by atoms with van der Waals surface area (Å²) in [5, 5.41) is 0. The molecule has 2 heteroatoms. The summed E-state index contributed by atoms with van der Waals surface area (Å²) < 4.78 is 6.31. The van der Waals surface area contributed by atoms with Crippen molar-refractivity contribution in [1.82, 2.24) is 0 Å². The number of allylic oxidation sites excluding steroid dienone is 1. The molecule has 48 heavy (non-hydrogen) atoms. The van der Waals surface area contributed by atoms with E-state index < -0.39 is 0 Å². The summed E-state index contributed by atoms with van der Waals surface area (Å²) in [6.45, 7) is 21.7. The first-order chi connectivity index (χ1) is 23.0. The van der Waals surface area contributed by atoms with Gasteiger partial charge in [0.25, 0.3) is 0 Å². The molecular formula is C46H80O2. The van der Waals surface area contributed by atoms with E-state index in [-0.39, 0.29) is 12.1 Å². The second kappa shape index (κ2) is 16.3. The fraction of sp³-hybridized carbons (Fsp3) is 0.935. The molecule has 5 fully saturated rings. The number of carbonyl (C=O) groups excluding carboxylic acids is 1. The first kappa shape index (κ1) is 38.4. The van der Waals surface area contributed by atoms with Gasteiger partial charge < -0.3 is 4.74 Å². The minimum Gasteiger partial charge on any atom is -0.462 e. The van der Waals surface area contributed by atoms with E-state index in [1.165, 1.54) is 147 Å². The van der Waals surface area contributed by atoms with Gasteiger partial charge in [0.15, 0.2) is 0 Å². The number of carbonyl (C=O) groups is 1. The first-order valence-electron chi connectivity index (χ1n) is 21.8. The Labute approximate surface area is 299 Å². The van der Waals surface area contributed by atoms with E-state index in [1.807, 2.05) is 0 Å². The van der Waals surface area contributed by atoms with Gasteiger partial charge in [-0.15, -0.1) is 0 Å². The third-order valence-corrected chi connectivity index (χ3v) is 17.0. The highest BCUT2D eigenvalue weighted by molar-refractivity contribution is 5.69. The van der Waals surface area contributed by atoms with Crippen LogP contribution in [0.25, 0.3) is 0 Å². The largest absolute Gasteiger partial charge is 0.462 e. The molecule has 11 unspecified atom stereocenters. The molecule has 0 radical (unpaired) electrons. The maximum Gasteiger partial charge on any atom is 0.306 e. The number of unbranched alkanes of at least 4 members (excludes halogenated alkanes) is 12. The minimum atomic E-state index is 0.0924. The fourth-order valence-corrected chi connectivity index (χ4v) is 13.6. The maximum atomic E-state index is 13.0. The zero-order chi connectivity index (χ0) is 34.6. The number of ether oxygens (including phenoxy) is 1. The molecule has 5 aliphatic rings. The zero-order valence-corrected chi connectivity index (χ0v) is 33.2. The second-order valence-electron chi connectivity index (χ2n) is 19.4. The van der Waals surface area contributed by atoms with Crippen molar-refractivity contribution in [2.75, 3.05) is 0 Å². The zero-order valence-electron chi connectivity index (χ0n) is 33.2. The normalized spacial score (nSPS) is 39.4. The first-order valence-corrected chi connectivity index (χ1v) is 21.8. The third kappa shape index (κ3) is 7.41. The fourth-order valence-electron chi connectivity index (χ4n) is 13.6. The molecule has 0 aromatic carbocycles. The molecule has 5 saturated carbocycles. The highest BCUT2D eigenvalue weighted by Gasteiger charge is 2.81. The van der Waals surface area contributed by atoms with Crippen molar-refractivity contribution < 1.29 is 9.53 Å². The number of fused-ring (bicyclic) bond motifs is 2. The molecule has 0 amide bonds. The third-order valence-electron chi connectivity index (χ3n) is 17.0. The van der Waals surface area contributed by atoms with Crippen LogP contribution in [0.5, 0.6) is 0 Å². The van der Waals surface area contributed by atoms with Crippen molar-refractivity contribution in [1.29, 1.82) is 0 Å². The van der Waals surface area contributed by atoms with E-state index >= 15 is 0 Å². The molecule has 0 aromatic heterocycles. The lowest BCUT2D eigenvalue weighted by Gasteiger charge is -2.62. The Morgan fingerprint density at radius 2 is 1.38 bits per heavy atom. The van der Waals surface area contributed by atoms with Gasteiger partial charge in [-0.3, -0.25) is 4.79 Å². The Morgan fingerprint density at radius 1 is 0.750 bits per heavy atom. The molecule has 0 bridgehead atoms. The van der Waals surface area contributed by atoms with Crippen LogP contribution in [0.4, 0.5) is 0 Å². The summed E-state index contributed by atoms with van der Waals surface area (Å²) in [6, 6.07) is 0. The van der Waals surface area contributed by atoms with Gasteiger partial charge in [-0.25, -0.2) is 0 Å². The van der Waals surface area contributed by atoms with Gasteiger partial charge in [0, 0.05) is 6.42 Å². The van der Waals surface area contributed by atoms with Crippen LogP contribution in [0, 0.1) is 57.2 Å². The predicted molar refractivity (Wildman–Crippen MR) is 205 cm³/mol. The van der Waals surface area contributed by atoms with Crippen LogP contribution in [0.2, 0.25) is 0 Å². The van der Waals surface area contributed by atoms with Crippen molar-refractivity contribution in [3.63, 3.8) is 0 Å². The van der Waals surface area contributed by atoms with Crippen molar-refractivity contribution in [2.45, 2.75) is 215 Å². The van der Waals surface area contributed by atoms with E-state index in [0.717, 1.165) is 36.5 Å². The number of hydrogen-bond acceptors (Lipinski definition) is 2. The highest BCUT2D eigenvalue weighted by Crippen LogP contribution is 2.88. The quantitative estimate of drug-likeness (QED) is 0.0735. The molecule has 5 rings (SSSR count). The van der Waals surface area contributed by atoms with Gasteiger partial charge in [-0.05, 0) is 141 Å². The lowest BCUT2D eigenvalue weighted by molar-refractivity contribution is -0.167. The van der Waals surface area contributed by atoms with Crippen LogP contribution in [-0.4, -0.2) is 12.1 Å². The molecule has 0 aliphatic heterocycles. The van der Waals surface area contributed by atoms with Gasteiger partial charge in [0.2, 0.25) is 0 Å².